The van der Waals surface area contributed by atoms with E-state index in [0.29, 0.717) is 56.7 Å². The predicted octanol–water partition coefficient (Wildman–Crippen LogP) is 4.69. The van der Waals surface area contributed by atoms with Crippen molar-refractivity contribution in [2.45, 2.75) is 56.8 Å². The summed E-state index contributed by atoms with van der Waals surface area (Å²) in [7, 11) is 4.93. The van der Waals surface area contributed by atoms with E-state index in [9.17, 15) is 19.2 Å². The highest BCUT2D eigenvalue weighted by molar-refractivity contribution is 5.73. The summed E-state index contributed by atoms with van der Waals surface area (Å²) in [6.07, 6.45) is 1.36. The van der Waals surface area contributed by atoms with Crippen LogP contribution >= 0.6 is 0 Å². The summed E-state index contributed by atoms with van der Waals surface area (Å²) >= 11 is 0. The number of nitriles is 1. The Morgan fingerprint density at radius 3 is 2.40 bits per heavy atom. The van der Waals surface area contributed by atoms with Crippen LogP contribution < -0.4 is 10.2 Å². The molecule has 0 radical (unpaired) electrons. The lowest BCUT2D eigenvalue weighted by Gasteiger charge is -2.52. The van der Waals surface area contributed by atoms with Gasteiger partial charge in [0.2, 0.25) is 5.91 Å². The standard InChI is InChI=1S/C36H47F3N6O3/c1-24-31(41-34(47)48-5)13-16-44(25(2)46)23-36(24,28-7-6-8-29(37)17-28)27-11-14-43(15-12-27)20-35(39)21-45(22-35)32-10-9-26(18-40)30(33(32)38)19-42(3)4/h6-10,17,24,27,31H,11-16,19-23H2,1-5H3,(H,41,47)/t24-,31-,36-/m0/s1. The molecule has 1 N–H and O–H groups in total. The van der Waals surface area contributed by atoms with Crippen LogP contribution in [0.3, 0.4) is 0 Å². The van der Waals surface area contributed by atoms with Gasteiger partial charge >= 0.3 is 6.09 Å². The maximum atomic E-state index is 16.1. The van der Waals surface area contributed by atoms with E-state index in [4.69, 9.17) is 4.74 Å². The second kappa shape index (κ2) is 14.3. The number of anilines is 1. The van der Waals surface area contributed by atoms with E-state index in [1.54, 1.807) is 53.1 Å². The van der Waals surface area contributed by atoms with E-state index < -0.39 is 23.0 Å². The van der Waals surface area contributed by atoms with Crippen LogP contribution in [0.5, 0.6) is 0 Å². The number of carbonyl (C=O) groups excluding carboxylic acids is 2. The molecule has 48 heavy (non-hydrogen) atoms. The van der Waals surface area contributed by atoms with Gasteiger partial charge in [-0.1, -0.05) is 19.1 Å². The topological polar surface area (TPSA) is 92.1 Å². The van der Waals surface area contributed by atoms with Crippen LogP contribution in [0.1, 0.15) is 49.8 Å². The minimum atomic E-state index is -1.52. The van der Waals surface area contributed by atoms with Gasteiger partial charge in [-0.2, -0.15) is 5.26 Å². The number of hydrogen-bond acceptors (Lipinski definition) is 7. The first kappa shape index (κ1) is 35.5. The molecule has 3 fully saturated rings. The minimum Gasteiger partial charge on any atom is -0.453 e. The second-order valence-corrected chi connectivity index (χ2v) is 14.1. The maximum absolute atomic E-state index is 16.1. The van der Waals surface area contributed by atoms with Gasteiger partial charge in [-0.3, -0.25) is 9.69 Å². The molecule has 3 atom stereocenters. The van der Waals surface area contributed by atoms with Gasteiger partial charge in [0.05, 0.1) is 37.5 Å². The molecule has 0 aliphatic carbocycles. The Hall–Kier alpha value is -3.82. The summed E-state index contributed by atoms with van der Waals surface area (Å²) in [5.74, 6) is -1.09. The SMILES string of the molecule is COC(=O)N[C@H]1CCN(C(C)=O)C[C@@](c2cccc(F)c2)(C2CCN(CC3(F)CN(c4ccc(C#N)c(CN(C)C)c4F)C3)CC2)[C@H]1C. The van der Waals surface area contributed by atoms with Crippen LogP contribution in [-0.4, -0.2) is 105 Å². The highest BCUT2D eigenvalue weighted by Gasteiger charge is 2.52. The number of amides is 2. The molecule has 0 unspecified atom stereocenters. The number of benzene rings is 2. The number of alkyl halides is 1. The fourth-order valence-electron chi connectivity index (χ4n) is 8.33. The van der Waals surface area contributed by atoms with Gasteiger partial charge in [-0.15, -0.1) is 0 Å². The average molecular weight is 669 g/mol. The lowest BCUT2D eigenvalue weighted by atomic mass is 9.58. The van der Waals surface area contributed by atoms with Gasteiger partial charge < -0.3 is 24.8 Å². The summed E-state index contributed by atoms with van der Waals surface area (Å²) in [6, 6.07) is 11.5. The van der Waals surface area contributed by atoms with Crippen LogP contribution in [0.15, 0.2) is 36.4 Å². The van der Waals surface area contributed by atoms with E-state index in [1.165, 1.54) is 20.1 Å². The molecule has 2 amide bonds. The van der Waals surface area contributed by atoms with Crippen molar-refractivity contribution in [1.29, 1.82) is 5.26 Å². The van der Waals surface area contributed by atoms with Gasteiger partial charge in [0.25, 0.3) is 0 Å². The molecule has 12 heteroatoms. The van der Waals surface area contributed by atoms with E-state index in [0.717, 1.165) is 5.56 Å². The second-order valence-electron chi connectivity index (χ2n) is 14.1. The number of rotatable bonds is 8. The summed E-state index contributed by atoms with van der Waals surface area (Å²) in [6.45, 7) is 6.21. The van der Waals surface area contributed by atoms with Crippen molar-refractivity contribution >= 4 is 17.7 Å². The Kier molecular flexibility index (Phi) is 10.6. The Morgan fingerprint density at radius 2 is 1.79 bits per heavy atom. The van der Waals surface area contributed by atoms with Gasteiger partial charge in [-0.25, -0.2) is 18.0 Å². The summed E-state index contributed by atoms with van der Waals surface area (Å²) in [4.78, 5) is 32.7. The van der Waals surface area contributed by atoms with Crippen molar-refractivity contribution in [3.63, 3.8) is 0 Å². The normalized spacial score (nSPS) is 24.8. The number of ether oxygens (including phenoxy) is 1. The van der Waals surface area contributed by atoms with E-state index in [1.807, 2.05) is 6.07 Å². The highest BCUT2D eigenvalue weighted by atomic mass is 19.1. The molecule has 2 aromatic carbocycles. The Morgan fingerprint density at radius 1 is 1.08 bits per heavy atom. The first-order valence-electron chi connectivity index (χ1n) is 16.7. The number of likely N-dealkylation sites (tertiary alicyclic amines) is 2. The first-order chi connectivity index (χ1) is 22.8. The molecule has 0 saturated carbocycles. The number of halogens is 3. The zero-order valence-corrected chi connectivity index (χ0v) is 28.6. The number of piperidine rings is 1. The third-order valence-electron chi connectivity index (χ3n) is 10.8. The van der Waals surface area contributed by atoms with Crippen molar-refractivity contribution in [2.75, 3.05) is 71.9 Å². The van der Waals surface area contributed by atoms with E-state index in [-0.39, 0.29) is 61.3 Å². The fourth-order valence-corrected chi connectivity index (χ4v) is 8.33. The molecule has 3 aliphatic rings. The van der Waals surface area contributed by atoms with E-state index >= 15 is 8.78 Å². The van der Waals surface area contributed by atoms with Crippen molar-refractivity contribution in [2.24, 2.45) is 11.8 Å². The molecular weight excluding hydrogens is 621 g/mol. The third kappa shape index (κ3) is 7.13. The van der Waals surface area contributed by atoms with Crippen molar-refractivity contribution in [3.05, 3.63) is 64.7 Å². The minimum absolute atomic E-state index is 0.0174. The summed E-state index contributed by atoms with van der Waals surface area (Å²) < 4.78 is 51.4. The third-order valence-corrected chi connectivity index (χ3v) is 10.8. The Balaban J connectivity index is 1.33. The molecule has 3 saturated heterocycles. The van der Waals surface area contributed by atoms with Crippen LogP contribution in [0.4, 0.5) is 23.7 Å². The zero-order valence-electron chi connectivity index (χ0n) is 28.6. The average Bonchev–Trinajstić information content (AvgIpc) is 3.18. The quantitative estimate of drug-likeness (QED) is 0.437. The lowest BCUT2D eigenvalue weighted by molar-refractivity contribution is -0.130. The molecule has 260 valence electrons. The zero-order chi connectivity index (χ0) is 34.8. The number of nitrogens with zero attached hydrogens (tertiary/aromatic N) is 5. The Bertz CT molecular complexity index is 1540. The number of nitrogens with one attached hydrogen (secondary N) is 1. The number of hydrogen-bond donors (Lipinski definition) is 1. The molecular formula is C36H47F3N6O3. The molecule has 5 rings (SSSR count). The lowest BCUT2D eigenvalue weighted by Crippen LogP contribution is -2.65. The highest BCUT2D eigenvalue weighted by Crippen LogP contribution is 2.48. The first-order valence-corrected chi connectivity index (χ1v) is 16.7. The van der Waals surface area contributed by atoms with Gasteiger partial charge in [0.1, 0.15) is 5.82 Å². The summed E-state index contributed by atoms with van der Waals surface area (Å²) in [5, 5.41) is 12.5. The van der Waals surface area contributed by atoms with Crippen molar-refractivity contribution in [3.8, 4) is 6.07 Å². The maximum Gasteiger partial charge on any atom is 0.407 e. The van der Waals surface area contributed by atoms with Gasteiger partial charge in [-0.05, 0) is 88.1 Å². The monoisotopic (exact) mass is 668 g/mol. The smallest absolute Gasteiger partial charge is 0.407 e. The fraction of sp³-hybridized carbons (Fsp3) is 0.583. The predicted molar refractivity (Wildman–Crippen MR) is 177 cm³/mol. The van der Waals surface area contributed by atoms with Gasteiger partial charge in [0, 0.05) is 50.1 Å². The largest absolute Gasteiger partial charge is 0.453 e. The number of carbonyl (C=O) groups is 2. The van der Waals surface area contributed by atoms with Crippen LogP contribution in [0, 0.1) is 34.8 Å². The molecule has 3 aliphatic heterocycles. The molecule has 3 heterocycles. The Labute approximate surface area is 281 Å². The molecule has 9 nitrogen and oxygen atoms in total. The van der Waals surface area contributed by atoms with Crippen LogP contribution in [-0.2, 0) is 21.5 Å². The molecule has 2 aromatic rings. The van der Waals surface area contributed by atoms with E-state index in [2.05, 4.69) is 23.2 Å². The van der Waals surface area contributed by atoms with Gasteiger partial charge in [0.15, 0.2) is 11.5 Å². The van der Waals surface area contributed by atoms with Crippen molar-refractivity contribution < 1.29 is 27.5 Å². The molecule has 0 spiro atoms. The summed E-state index contributed by atoms with van der Waals surface area (Å²) in [5.41, 5.74) is -0.523. The molecule has 0 aromatic heterocycles. The van der Waals surface area contributed by atoms with Crippen molar-refractivity contribution in [1.82, 2.24) is 20.0 Å². The number of methoxy groups -OCH3 is 1. The van der Waals surface area contributed by atoms with Crippen LogP contribution in [0.2, 0.25) is 0 Å². The molecule has 0 bridgehead atoms. The van der Waals surface area contributed by atoms with Crippen LogP contribution in [0.25, 0.3) is 0 Å². The number of alkyl carbamates (subject to hydrolysis) is 1.